The molecule has 0 saturated carbocycles. The molecule has 1 aromatic heterocycles. The Kier molecular flexibility index (Phi) is 4.25. The maximum atomic E-state index is 12.4. The number of aromatic nitrogens is 1. The summed E-state index contributed by atoms with van der Waals surface area (Å²) in [6.07, 6.45) is 1.66. The number of rotatable bonds is 3. The van der Waals surface area contributed by atoms with Gasteiger partial charge in [-0.15, -0.1) is 0 Å². The highest BCUT2D eigenvalue weighted by Gasteiger charge is 2.14. The Morgan fingerprint density at radius 3 is 2.75 bits per heavy atom. The van der Waals surface area contributed by atoms with Crippen molar-refractivity contribution >= 4 is 29.0 Å². The highest BCUT2D eigenvalue weighted by molar-refractivity contribution is 6.31. The minimum atomic E-state index is -0.202. The third-order valence-electron chi connectivity index (χ3n) is 2.90. The van der Waals surface area contributed by atoms with Gasteiger partial charge in [0.05, 0.1) is 5.56 Å². The summed E-state index contributed by atoms with van der Waals surface area (Å²) in [7, 11) is 3.70. The van der Waals surface area contributed by atoms with Crippen LogP contribution in [0.5, 0.6) is 0 Å². The van der Waals surface area contributed by atoms with Gasteiger partial charge in [-0.2, -0.15) is 0 Å². The summed E-state index contributed by atoms with van der Waals surface area (Å²) < 4.78 is 0. The third kappa shape index (κ3) is 3.08. The maximum Gasteiger partial charge on any atom is 0.259 e. The fourth-order valence-electron chi connectivity index (χ4n) is 1.85. The lowest BCUT2D eigenvalue weighted by Gasteiger charge is -2.16. The Labute approximate surface area is 123 Å². The zero-order valence-electron chi connectivity index (χ0n) is 11.6. The standard InChI is InChI=1S/C15H16ClN3O/c1-10-6-7-11(16)9-13(10)18-15(20)12-5-4-8-17-14(12)19(2)3/h4-9H,1-3H3,(H,18,20). The van der Waals surface area contributed by atoms with Crippen LogP contribution in [0.4, 0.5) is 11.5 Å². The van der Waals surface area contributed by atoms with Crippen molar-refractivity contribution in [2.24, 2.45) is 0 Å². The second kappa shape index (κ2) is 5.92. The summed E-state index contributed by atoms with van der Waals surface area (Å²) in [6, 6.07) is 8.89. The molecule has 0 radical (unpaired) electrons. The van der Waals surface area contributed by atoms with Gasteiger partial charge in [0.1, 0.15) is 5.82 Å². The van der Waals surface area contributed by atoms with Crippen LogP contribution in [0, 0.1) is 6.92 Å². The van der Waals surface area contributed by atoms with Gasteiger partial charge in [0.15, 0.2) is 0 Å². The van der Waals surface area contributed by atoms with Crippen LogP contribution in [-0.4, -0.2) is 25.0 Å². The summed E-state index contributed by atoms with van der Waals surface area (Å²) >= 11 is 5.96. The van der Waals surface area contributed by atoms with Crippen molar-refractivity contribution in [2.75, 3.05) is 24.3 Å². The second-order valence-electron chi connectivity index (χ2n) is 4.68. The number of hydrogen-bond donors (Lipinski definition) is 1. The zero-order chi connectivity index (χ0) is 14.7. The number of amides is 1. The number of nitrogens with one attached hydrogen (secondary N) is 1. The maximum absolute atomic E-state index is 12.4. The Morgan fingerprint density at radius 2 is 2.05 bits per heavy atom. The molecule has 2 rings (SSSR count). The SMILES string of the molecule is Cc1ccc(Cl)cc1NC(=O)c1cccnc1N(C)C. The predicted octanol–water partition coefficient (Wildman–Crippen LogP) is 3.36. The first kappa shape index (κ1) is 14.3. The number of hydrogen-bond acceptors (Lipinski definition) is 3. The number of carbonyl (C=O) groups excluding carboxylic acids is 1. The molecule has 1 N–H and O–H groups in total. The average molecular weight is 290 g/mol. The lowest BCUT2D eigenvalue weighted by molar-refractivity contribution is 0.102. The first-order valence-electron chi connectivity index (χ1n) is 6.19. The molecule has 1 heterocycles. The van der Waals surface area contributed by atoms with Crippen molar-refractivity contribution in [3.8, 4) is 0 Å². The first-order chi connectivity index (χ1) is 9.49. The Hall–Kier alpha value is -2.07. The molecular formula is C15H16ClN3O. The van der Waals surface area contributed by atoms with Crippen molar-refractivity contribution in [3.63, 3.8) is 0 Å². The van der Waals surface area contributed by atoms with E-state index in [1.54, 1.807) is 35.4 Å². The van der Waals surface area contributed by atoms with Gasteiger partial charge < -0.3 is 10.2 Å². The molecule has 104 valence electrons. The number of anilines is 2. The molecule has 0 bridgehead atoms. The van der Waals surface area contributed by atoms with Gasteiger partial charge in [-0.25, -0.2) is 4.98 Å². The largest absolute Gasteiger partial charge is 0.362 e. The van der Waals surface area contributed by atoms with Gasteiger partial charge in [-0.3, -0.25) is 4.79 Å². The van der Waals surface area contributed by atoms with Gasteiger partial charge in [0.25, 0.3) is 5.91 Å². The van der Waals surface area contributed by atoms with Crippen molar-refractivity contribution in [2.45, 2.75) is 6.92 Å². The number of carbonyl (C=O) groups is 1. The van der Waals surface area contributed by atoms with Gasteiger partial charge in [0, 0.05) is 31.0 Å². The molecule has 0 fully saturated rings. The van der Waals surface area contributed by atoms with Gasteiger partial charge in [0.2, 0.25) is 0 Å². The van der Waals surface area contributed by atoms with E-state index >= 15 is 0 Å². The van der Waals surface area contributed by atoms with Crippen molar-refractivity contribution in [3.05, 3.63) is 52.7 Å². The predicted molar refractivity (Wildman–Crippen MR) is 82.7 cm³/mol. The molecule has 2 aromatic rings. The molecule has 4 nitrogen and oxygen atoms in total. The summed E-state index contributed by atoms with van der Waals surface area (Å²) in [5.74, 6) is 0.428. The van der Waals surface area contributed by atoms with Gasteiger partial charge >= 0.3 is 0 Å². The number of aryl methyl sites for hydroxylation is 1. The van der Waals surface area contributed by atoms with E-state index < -0.39 is 0 Å². The van der Waals surface area contributed by atoms with Crippen molar-refractivity contribution < 1.29 is 4.79 Å². The van der Waals surface area contributed by atoms with E-state index in [0.29, 0.717) is 22.1 Å². The van der Waals surface area contributed by atoms with Crippen LogP contribution < -0.4 is 10.2 Å². The van der Waals surface area contributed by atoms with E-state index in [9.17, 15) is 4.79 Å². The molecule has 0 atom stereocenters. The summed E-state index contributed by atoms with van der Waals surface area (Å²) in [4.78, 5) is 18.4. The fraction of sp³-hybridized carbons (Fsp3) is 0.200. The lowest BCUT2D eigenvalue weighted by atomic mass is 10.1. The first-order valence-corrected chi connectivity index (χ1v) is 6.56. The normalized spacial score (nSPS) is 10.2. The van der Waals surface area contributed by atoms with Crippen LogP contribution in [-0.2, 0) is 0 Å². The number of nitrogens with zero attached hydrogens (tertiary/aromatic N) is 2. The molecular weight excluding hydrogens is 274 g/mol. The molecule has 20 heavy (non-hydrogen) atoms. The molecule has 0 aliphatic rings. The van der Waals surface area contributed by atoms with E-state index in [1.807, 2.05) is 27.1 Å². The van der Waals surface area contributed by atoms with Gasteiger partial charge in [-0.05, 0) is 36.8 Å². The van der Waals surface area contributed by atoms with Crippen LogP contribution in [0.25, 0.3) is 0 Å². The highest BCUT2D eigenvalue weighted by Crippen LogP contribution is 2.22. The quantitative estimate of drug-likeness (QED) is 0.942. The number of halogens is 1. The van der Waals surface area contributed by atoms with Gasteiger partial charge in [-0.1, -0.05) is 17.7 Å². The van der Waals surface area contributed by atoms with E-state index in [1.165, 1.54) is 0 Å². The second-order valence-corrected chi connectivity index (χ2v) is 5.12. The fourth-order valence-corrected chi connectivity index (χ4v) is 2.02. The monoisotopic (exact) mass is 289 g/mol. The lowest BCUT2D eigenvalue weighted by Crippen LogP contribution is -2.20. The molecule has 5 heteroatoms. The van der Waals surface area contributed by atoms with E-state index in [2.05, 4.69) is 10.3 Å². The van der Waals surface area contributed by atoms with E-state index in [4.69, 9.17) is 11.6 Å². The van der Waals surface area contributed by atoms with Crippen molar-refractivity contribution in [1.29, 1.82) is 0 Å². The third-order valence-corrected chi connectivity index (χ3v) is 3.14. The summed E-state index contributed by atoms with van der Waals surface area (Å²) in [6.45, 7) is 1.92. The molecule has 0 saturated heterocycles. The molecule has 1 amide bonds. The van der Waals surface area contributed by atoms with Crippen LogP contribution >= 0.6 is 11.6 Å². The van der Waals surface area contributed by atoms with E-state index in [0.717, 1.165) is 5.56 Å². The Morgan fingerprint density at radius 1 is 1.30 bits per heavy atom. The molecule has 0 spiro atoms. The molecule has 1 aromatic carbocycles. The Bertz CT molecular complexity index is 641. The van der Waals surface area contributed by atoms with Crippen LogP contribution in [0.15, 0.2) is 36.5 Å². The molecule has 0 aliphatic heterocycles. The topological polar surface area (TPSA) is 45.2 Å². The minimum Gasteiger partial charge on any atom is -0.362 e. The molecule has 0 unspecified atom stereocenters. The zero-order valence-corrected chi connectivity index (χ0v) is 12.4. The number of benzene rings is 1. The van der Waals surface area contributed by atoms with Crippen LogP contribution in [0.2, 0.25) is 5.02 Å². The minimum absolute atomic E-state index is 0.202. The highest BCUT2D eigenvalue weighted by atomic mass is 35.5. The smallest absolute Gasteiger partial charge is 0.259 e. The molecule has 0 aliphatic carbocycles. The van der Waals surface area contributed by atoms with Crippen molar-refractivity contribution in [1.82, 2.24) is 4.98 Å². The summed E-state index contributed by atoms with van der Waals surface area (Å²) in [5, 5.41) is 3.46. The number of pyridine rings is 1. The summed E-state index contributed by atoms with van der Waals surface area (Å²) in [5.41, 5.74) is 2.19. The van der Waals surface area contributed by atoms with Crippen LogP contribution in [0.3, 0.4) is 0 Å². The Balaban J connectivity index is 2.31. The van der Waals surface area contributed by atoms with E-state index in [-0.39, 0.29) is 5.91 Å². The van der Waals surface area contributed by atoms with Crippen LogP contribution in [0.1, 0.15) is 15.9 Å². The average Bonchev–Trinajstić information content (AvgIpc) is 2.42.